The molecule has 0 N–H and O–H groups in total. The maximum atomic E-state index is 10.9. The first kappa shape index (κ1) is 12.0. The van der Waals surface area contributed by atoms with Crippen molar-refractivity contribution in [1.29, 1.82) is 0 Å². The van der Waals surface area contributed by atoms with Crippen LogP contribution >= 0.6 is 0 Å². The fourth-order valence-corrected chi connectivity index (χ4v) is 0.585. The van der Waals surface area contributed by atoms with Crippen molar-refractivity contribution in [1.82, 2.24) is 0 Å². The van der Waals surface area contributed by atoms with Crippen molar-refractivity contribution in [3.8, 4) is 0 Å². The monoisotopic (exact) mass is 186 g/mol. The summed E-state index contributed by atoms with van der Waals surface area (Å²) in [6.07, 6.45) is 0.103. The van der Waals surface area contributed by atoms with Crippen LogP contribution in [0.25, 0.3) is 0 Å². The summed E-state index contributed by atoms with van der Waals surface area (Å²) in [7, 11) is 0. The summed E-state index contributed by atoms with van der Waals surface area (Å²) in [4.78, 5) is 10.9. The predicted octanol–water partition coefficient (Wildman–Crippen LogP) is 2.76. The Morgan fingerprint density at radius 3 is 2.46 bits per heavy atom. The van der Waals surface area contributed by atoms with Gasteiger partial charge in [0.1, 0.15) is 0 Å². The number of hydrogen-bond donors (Lipinski definition) is 0. The molecule has 0 bridgehead atoms. The molecule has 0 saturated carbocycles. The molecule has 0 spiro atoms. The molecule has 76 valence electrons. The Bertz CT molecular complexity index is 173. The van der Waals surface area contributed by atoms with E-state index in [0.717, 1.165) is 5.57 Å². The van der Waals surface area contributed by atoms with Crippen molar-refractivity contribution in [2.24, 2.45) is 5.92 Å². The fraction of sp³-hybridized carbons (Fsp3) is 0.700. The van der Waals surface area contributed by atoms with Crippen molar-refractivity contribution in [2.45, 2.75) is 27.2 Å². The molecule has 0 fully saturated rings. The number of hydrogen-bond acceptors (Lipinski definition) is 3. The van der Waals surface area contributed by atoms with Crippen LogP contribution in [0, 0.1) is 5.92 Å². The van der Waals surface area contributed by atoms with Gasteiger partial charge in [0.25, 0.3) is 0 Å². The summed E-state index contributed by atoms with van der Waals surface area (Å²) < 4.78 is 9.58. The number of rotatable bonds is 5. The highest BCUT2D eigenvalue weighted by molar-refractivity contribution is 5.59. The van der Waals surface area contributed by atoms with Crippen LogP contribution in [0.15, 0.2) is 12.2 Å². The Morgan fingerprint density at radius 2 is 2.00 bits per heavy atom. The molecule has 0 aromatic rings. The van der Waals surface area contributed by atoms with E-state index in [9.17, 15) is 4.79 Å². The van der Waals surface area contributed by atoms with Gasteiger partial charge >= 0.3 is 6.16 Å². The largest absolute Gasteiger partial charge is 0.508 e. The maximum absolute atomic E-state index is 10.9. The summed E-state index contributed by atoms with van der Waals surface area (Å²) in [6.45, 7) is 10.3. The molecule has 0 aliphatic rings. The molecule has 0 aliphatic carbocycles. The van der Waals surface area contributed by atoms with E-state index < -0.39 is 6.16 Å². The quantitative estimate of drug-likeness (QED) is 0.489. The molecule has 0 amide bonds. The van der Waals surface area contributed by atoms with E-state index in [-0.39, 0.29) is 0 Å². The SMILES string of the molecule is C=C(C)CCOC(=O)OCC(C)C. The summed E-state index contributed by atoms with van der Waals surface area (Å²) in [5.74, 6) is 0.341. The molecule has 0 atom stereocenters. The fourth-order valence-electron chi connectivity index (χ4n) is 0.585. The first-order valence-corrected chi connectivity index (χ1v) is 4.46. The van der Waals surface area contributed by atoms with E-state index in [1.165, 1.54) is 0 Å². The van der Waals surface area contributed by atoms with Gasteiger partial charge in [-0.2, -0.15) is 0 Å². The molecule has 0 saturated heterocycles. The first-order valence-electron chi connectivity index (χ1n) is 4.46. The molecular formula is C10H18O3. The number of carbonyl (C=O) groups excluding carboxylic acids is 1. The van der Waals surface area contributed by atoms with Crippen LogP contribution < -0.4 is 0 Å². The van der Waals surface area contributed by atoms with E-state index in [1.807, 2.05) is 20.8 Å². The van der Waals surface area contributed by atoms with Gasteiger partial charge in [-0.1, -0.05) is 19.4 Å². The van der Waals surface area contributed by atoms with Gasteiger partial charge in [0.15, 0.2) is 0 Å². The Kier molecular flexibility index (Phi) is 6.02. The first-order chi connectivity index (χ1) is 6.02. The summed E-state index contributed by atoms with van der Waals surface area (Å²) in [6, 6.07) is 0. The summed E-state index contributed by atoms with van der Waals surface area (Å²) in [5, 5.41) is 0. The third-order valence-electron chi connectivity index (χ3n) is 1.28. The Hall–Kier alpha value is -0.990. The normalized spacial score (nSPS) is 9.85. The molecule has 0 unspecified atom stereocenters. The maximum Gasteiger partial charge on any atom is 0.508 e. The number of ether oxygens (including phenoxy) is 2. The second-order valence-electron chi connectivity index (χ2n) is 3.51. The van der Waals surface area contributed by atoms with E-state index >= 15 is 0 Å². The average Bonchev–Trinajstić information content (AvgIpc) is 2.00. The van der Waals surface area contributed by atoms with Crippen LogP contribution in [0.4, 0.5) is 4.79 Å². The van der Waals surface area contributed by atoms with Crippen LogP contribution in [0.5, 0.6) is 0 Å². The Balaban J connectivity index is 3.35. The minimum absolute atomic E-state index is 0.341. The molecule has 13 heavy (non-hydrogen) atoms. The van der Waals surface area contributed by atoms with E-state index in [1.54, 1.807) is 0 Å². The highest BCUT2D eigenvalue weighted by Gasteiger charge is 2.04. The van der Waals surface area contributed by atoms with Crippen molar-refractivity contribution in [3.63, 3.8) is 0 Å². The van der Waals surface area contributed by atoms with Crippen molar-refractivity contribution in [2.75, 3.05) is 13.2 Å². The summed E-state index contributed by atoms with van der Waals surface area (Å²) in [5.41, 5.74) is 0.997. The van der Waals surface area contributed by atoms with Crippen LogP contribution in [0.1, 0.15) is 27.2 Å². The van der Waals surface area contributed by atoms with Gasteiger partial charge in [0.2, 0.25) is 0 Å². The molecule has 3 heteroatoms. The van der Waals surface area contributed by atoms with Crippen LogP contribution in [0.3, 0.4) is 0 Å². The van der Waals surface area contributed by atoms with Gasteiger partial charge in [-0.25, -0.2) is 4.79 Å². The lowest BCUT2D eigenvalue weighted by Crippen LogP contribution is -2.12. The predicted molar refractivity (Wildman–Crippen MR) is 51.6 cm³/mol. The third-order valence-corrected chi connectivity index (χ3v) is 1.28. The topological polar surface area (TPSA) is 35.5 Å². The average molecular weight is 186 g/mol. The molecule has 0 rings (SSSR count). The molecule has 0 heterocycles. The smallest absolute Gasteiger partial charge is 0.434 e. The standard InChI is InChI=1S/C10H18O3/c1-8(2)5-6-12-10(11)13-7-9(3)4/h9H,1,5-7H2,2-4H3. The van der Waals surface area contributed by atoms with Crippen LogP contribution in [-0.4, -0.2) is 19.4 Å². The lowest BCUT2D eigenvalue weighted by atomic mass is 10.2. The van der Waals surface area contributed by atoms with Gasteiger partial charge in [-0.05, 0) is 12.8 Å². The highest BCUT2D eigenvalue weighted by Crippen LogP contribution is 1.98. The van der Waals surface area contributed by atoms with Gasteiger partial charge in [-0.15, -0.1) is 6.58 Å². The molecule has 0 aliphatic heterocycles. The highest BCUT2D eigenvalue weighted by atomic mass is 16.7. The minimum Gasteiger partial charge on any atom is -0.434 e. The van der Waals surface area contributed by atoms with Gasteiger partial charge in [0, 0.05) is 6.42 Å². The zero-order valence-electron chi connectivity index (χ0n) is 8.63. The van der Waals surface area contributed by atoms with Crippen molar-refractivity contribution >= 4 is 6.16 Å². The molecule has 0 aromatic carbocycles. The molecule has 0 radical (unpaired) electrons. The zero-order valence-corrected chi connectivity index (χ0v) is 8.63. The second kappa shape index (κ2) is 6.52. The van der Waals surface area contributed by atoms with Gasteiger partial charge in [0.05, 0.1) is 13.2 Å². The van der Waals surface area contributed by atoms with Crippen molar-refractivity contribution < 1.29 is 14.3 Å². The van der Waals surface area contributed by atoms with Gasteiger partial charge < -0.3 is 9.47 Å². The summed E-state index contributed by atoms with van der Waals surface area (Å²) >= 11 is 0. The Labute approximate surface area is 79.7 Å². The zero-order chi connectivity index (χ0) is 10.3. The van der Waals surface area contributed by atoms with E-state index in [4.69, 9.17) is 9.47 Å². The second-order valence-corrected chi connectivity index (χ2v) is 3.51. The van der Waals surface area contributed by atoms with Crippen LogP contribution in [-0.2, 0) is 9.47 Å². The lowest BCUT2D eigenvalue weighted by molar-refractivity contribution is 0.0484. The molecule has 0 aromatic heterocycles. The van der Waals surface area contributed by atoms with E-state index in [2.05, 4.69) is 6.58 Å². The van der Waals surface area contributed by atoms with Crippen LogP contribution in [0.2, 0.25) is 0 Å². The van der Waals surface area contributed by atoms with E-state index in [0.29, 0.717) is 25.6 Å². The Morgan fingerprint density at radius 1 is 1.38 bits per heavy atom. The number of carbonyl (C=O) groups is 1. The molecule has 3 nitrogen and oxygen atoms in total. The van der Waals surface area contributed by atoms with Gasteiger partial charge in [-0.3, -0.25) is 0 Å². The lowest BCUT2D eigenvalue weighted by Gasteiger charge is -2.07. The third kappa shape index (κ3) is 8.92. The van der Waals surface area contributed by atoms with Crippen molar-refractivity contribution in [3.05, 3.63) is 12.2 Å². The minimum atomic E-state index is -0.588. The molecular weight excluding hydrogens is 168 g/mol.